The van der Waals surface area contributed by atoms with Crippen LogP contribution >= 0.6 is 0 Å². The first kappa shape index (κ1) is 11.6. The van der Waals surface area contributed by atoms with Gasteiger partial charge in [0, 0.05) is 18.8 Å². The van der Waals surface area contributed by atoms with Gasteiger partial charge in [-0.05, 0) is 25.5 Å². The van der Waals surface area contributed by atoms with Gasteiger partial charge in [-0.25, -0.2) is 4.79 Å². The first-order chi connectivity index (χ1) is 7.15. The van der Waals surface area contributed by atoms with Gasteiger partial charge in [0.15, 0.2) is 0 Å². The Labute approximate surface area is 91.1 Å². The minimum atomic E-state index is -0.0597. The summed E-state index contributed by atoms with van der Waals surface area (Å²) in [5.74, 6) is 0. The predicted octanol–water partition coefficient (Wildman–Crippen LogP) is 2.95. The number of hydrogen-bond donors (Lipinski definition) is 1. The molecule has 0 radical (unpaired) electrons. The topological polar surface area (TPSA) is 32.3 Å². The van der Waals surface area contributed by atoms with Crippen LogP contribution in [0.15, 0.2) is 30.3 Å². The summed E-state index contributed by atoms with van der Waals surface area (Å²) in [6, 6.07) is 9.68. The second kappa shape index (κ2) is 5.39. The van der Waals surface area contributed by atoms with E-state index in [0.29, 0.717) is 0 Å². The van der Waals surface area contributed by atoms with Crippen molar-refractivity contribution in [1.82, 2.24) is 4.90 Å². The second-order valence-corrected chi connectivity index (χ2v) is 3.66. The summed E-state index contributed by atoms with van der Waals surface area (Å²) in [6.07, 6.45) is 0.957. The van der Waals surface area contributed by atoms with Gasteiger partial charge in [0.1, 0.15) is 0 Å². The first-order valence-corrected chi connectivity index (χ1v) is 5.24. The molecule has 0 aliphatic heterocycles. The predicted molar refractivity (Wildman–Crippen MR) is 63.0 cm³/mol. The van der Waals surface area contributed by atoms with Gasteiger partial charge in [0.25, 0.3) is 0 Å². The second-order valence-electron chi connectivity index (χ2n) is 3.66. The Kier molecular flexibility index (Phi) is 4.16. The summed E-state index contributed by atoms with van der Waals surface area (Å²) in [7, 11) is 1.81. The number of carbonyl (C=O) groups excluding carboxylic acids is 1. The zero-order valence-corrected chi connectivity index (χ0v) is 9.53. The van der Waals surface area contributed by atoms with Crippen LogP contribution in [0.25, 0.3) is 0 Å². The van der Waals surface area contributed by atoms with E-state index < -0.39 is 0 Å². The monoisotopic (exact) mass is 206 g/mol. The van der Waals surface area contributed by atoms with Crippen LogP contribution in [-0.2, 0) is 0 Å². The summed E-state index contributed by atoms with van der Waals surface area (Å²) < 4.78 is 0. The van der Waals surface area contributed by atoms with E-state index in [2.05, 4.69) is 12.2 Å². The van der Waals surface area contributed by atoms with Crippen LogP contribution in [0.2, 0.25) is 0 Å². The minimum absolute atomic E-state index is 0.0597. The van der Waals surface area contributed by atoms with E-state index in [4.69, 9.17) is 0 Å². The van der Waals surface area contributed by atoms with Gasteiger partial charge >= 0.3 is 6.03 Å². The van der Waals surface area contributed by atoms with E-state index in [1.807, 2.05) is 44.3 Å². The van der Waals surface area contributed by atoms with Crippen molar-refractivity contribution >= 4 is 11.7 Å². The third kappa shape index (κ3) is 3.27. The van der Waals surface area contributed by atoms with Crippen LogP contribution in [0, 0.1) is 0 Å². The largest absolute Gasteiger partial charge is 0.325 e. The maximum Gasteiger partial charge on any atom is 0.321 e. The normalized spacial score (nSPS) is 11.9. The molecule has 0 aliphatic carbocycles. The van der Waals surface area contributed by atoms with Gasteiger partial charge in [0.05, 0.1) is 0 Å². The molecule has 3 heteroatoms. The average Bonchev–Trinajstić information content (AvgIpc) is 2.28. The molecule has 0 aromatic heterocycles. The zero-order chi connectivity index (χ0) is 11.3. The SMILES string of the molecule is CC[C@@H](C)N(C)C(=O)Nc1ccccc1. The molecule has 1 N–H and O–H groups in total. The molecule has 3 nitrogen and oxygen atoms in total. The fraction of sp³-hybridized carbons (Fsp3) is 0.417. The molecule has 1 atom stereocenters. The third-order valence-electron chi connectivity index (χ3n) is 2.60. The number of nitrogens with zero attached hydrogens (tertiary/aromatic N) is 1. The highest BCUT2D eigenvalue weighted by Gasteiger charge is 2.13. The Balaban J connectivity index is 2.56. The standard InChI is InChI=1S/C12H18N2O/c1-4-10(2)14(3)12(15)13-11-8-6-5-7-9-11/h5-10H,4H2,1-3H3,(H,13,15)/t10-/m1/s1. The number of nitrogens with one attached hydrogen (secondary N) is 1. The van der Waals surface area contributed by atoms with E-state index in [1.165, 1.54) is 0 Å². The Morgan fingerprint density at radius 1 is 1.40 bits per heavy atom. The van der Waals surface area contributed by atoms with Crippen molar-refractivity contribution in [1.29, 1.82) is 0 Å². The molecular weight excluding hydrogens is 188 g/mol. The van der Waals surface area contributed by atoms with E-state index in [-0.39, 0.29) is 12.1 Å². The minimum Gasteiger partial charge on any atom is -0.325 e. The number of benzene rings is 1. The molecule has 1 aromatic carbocycles. The Morgan fingerprint density at radius 2 is 2.00 bits per heavy atom. The quantitative estimate of drug-likeness (QED) is 0.810. The molecule has 0 bridgehead atoms. The summed E-state index contributed by atoms with van der Waals surface area (Å²) in [5.41, 5.74) is 0.831. The van der Waals surface area contributed by atoms with Crippen molar-refractivity contribution in [2.75, 3.05) is 12.4 Å². The number of amides is 2. The molecule has 0 fully saturated rings. The Morgan fingerprint density at radius 3 is 2.53 bits per heavy atom. The van der Waals surface area contributed by atoms with Crippen LogP contribution in [-0.4, -0.2) is 24.0 Å². The van der Waals surface area contributed by atoms with Crippen LogP contribution in [0.5, 0.6) is 0 Å². The van der Waals surface area contributed by atoms with Crippen molar-refractivity contribution in [3.8, 4) is 0 Å². The molecule has 0 aliphatic rings. The van der Waals surface area contributed by atoms with Gasteiger partial charge in [-0.2, -0.15) is 0 Å². The fourth-order valence-corrected chi connectivity index (χ4v) is 1.21. The van der Waals surface area contributed by atoms with Crippen LogP contribution in [0.1, 0.15) is 20.3 Å². The lowest BCUT2D eigenvalue weighted by Crippen LogP contribution is -2.37. The number of para-hydroxylation sites is 1. The molecule has 1 aromatic rings. The number of urea groups is 1. The van der Waals surface area contributed by atoms with Crippen molar-refractivity contribution in [2.24, 2.45) is 0 Å². The van der Waals surface area contributed by atoms with E-state index in [1.54, 1.807) is 4.90 Å². The average molecular weight is 206 g/mol. The van der Waals surface area contributed by atoms with Gasteiger partial charge in [0.2, 0.25) is 0 Å². The lowest BCUT2D eigenvalue weighted by Gasteiger charge is -2.24. The maximum absolute atomic E-state index is 11.7. The summed E-state index contributed by atoms with van der Waals surface area (Å²) in [6.45, 7) is 4.10. The first-order valence-electron chi connectivity index (χ1n) is 5.24. The smallest absolute Gasteiger partial charge is 0.321 e. The molecule has 0 unspecified atom stereocenters. The van der Waals surface area contributed by atoms with Gasteiger partial charge in [-0.1, -0.05) is 25.1 Å². The Hall–Kier alpha value is -1.51. The highest BCUT2D eigenvalue weighted by Crippen LogP contribution is 2.08. The highest BCUT2D eigenvalue weighted by molar-refractivity contribution is 5.89. The number of hydrogen-bond acceptors (Lipinski definition) is 1. The molecule has 2 amide bonds. The molecule has 1 rings (SSSR count). The highest BCUT2D eigenvalue weighted by atomic mass is 16.2. The van der Waals surface area contributed by atoms with Gasteiger partial charge in [-0.15, -0.1) is 0 Å². The maximum atomic E-state index is 11.7. The van der Waals surface area contributed by atoms with Crippen molar-refractivity contribution in [2.45, 2.75) is 26.3 Å². The molecule has 0 saturated carbocycles. The third-order valence-corrected chi connectivity index (χ3v) is 2.60. The number of anilines is 1. The summed E-state index contributed by atoms with van der Waals surface area (Å²) in [5, 5.41) is 2.84. The zero-order valence-electron chi connectivity index (χ0n) is 9.53. The molecule has 0 saturated heterocycles. The molecular formula is C12H18N2O. The Bertz CT molecular complexity index is 311. The number of rotatable bonds is 3. The van der Waals surface area contributed by atoms with Crippen LogP contribution < -0.4 is 5.32 Å². The lowest BCUT2D eigenvalue weighted by molar-refractivity contribution is 0.206. The number of carbonyl (C=O) groups is 1. The summed E-state index contributed by atoms with van der Waals surface area (Å²) >= 11 is 0. The molecule has 0 spiro atoms. The van der Waals surface area contributed by atoms with E-state index >= 15 is 0 Å². The molecule has 0 heterocycles. The van der Waals surface area contributed by atoms with E-state index in [0.717, 1.165) is 12.1 Å². The van der Waals surface area contributed by atoms with E-state index in [9.17, 15) is 4.79 Å². The van der Waals surface area contributed by atoms with Crippen LogP contribution in [0.3, 0.4) is 0 Å². The fourth-order valence-electron chi connectivity index (χ4n) is 1.21. The van der Waals surface area contributed by atoms with Crippen molar-refractivity contribution in [3.63, 3.8) is 0 Å². The van der Waals surface area contributed by atoms with Gasteiger partial charge < -0.3 is 10.2 Å². The van der Waals surface area contributed by atoms with Gasteiger partial charge in [-0.3, -0.25) is 0 Å². The molecule has 15 heavy (non-hydrogen) atoms. The van der Waals surface area contributed by atoms with Crippen LogP contribution in [0.4, 0.5) is 10.5 Å². The molecule has 82 valence electrons. The van der Waals surface area contributed by atoms with Crippen molar-refractivity contribution in [3.05, 3.63) is 30.3 Å². The summed E-state index contributed by atoms with van der Waals surface area (Å²) in [4.78, 5) is 13.4. The van der Waals surface area contributed by atoms with Crippen molar-refractivity contribution < 1.29 is 4.79 Å². The lowest BCUT2D eigenvalue weighted by atomic mass is 10.2.